The number of rotatable bonds is 1. The molecule has 4 heteroatoms. The van der Waals surface area contributed by atoms with Crippen LogP contribution in [0.4, 0.5) is 4.79 Å². The highest BCUT2D eigenvalue weighted by molar-refractivity contribution is 5.75. The van der Waals surface area contributed by atoms with Crippen LogP contribution in [-0.4, -0.2) is 15.6 Å². The van der Waals surface area contributed by atoms with Crippen LogP contribution < -0.4 is 5.73 Å². The molecule has 0 aliphatic heterocycles. The Bertz CT molecular complexity index is 241. The SMILES string of the molecule is [CH2]Cc1cncn1C(N)=O. The Hall–Kier alpha value is -1.32. The Morgan fingerprint density at radius 1 is 1.90 bits per heavy atom. The third-order valence-electron chi connectivity index (χ3n) is 1.21. The van der Waals surface area contributed by atoms with Gasteiger partial charge in [0.1, 0.15) is 6.33 Å². The van der Waals surface area contributed by atoms with Gasteiger partial charge in [0.15, 0.2) is 0 Å². The fourth-order valence-corrected chi connectivity index (χ4v) is 0.706. The molecule has 0 spiro atoms. The van der Waals surface area contributed by atoms with E-state index in [1.54, 1.807) is 6.20 Å². The number of nitrogens with zero attached hydrogens (tertiary/aromatic N) is 2. The lowest BCUT2D eigenvalue weighted by molar-refractivity contribution is 0.250. The molecular weight excluding hydrogens is 130 g/mol. The molecule has 0 saturated carbocycles. The highest BCUT2D eigenvalue weighted by Gasteiger charge is 2.02. The molecule has 10 heavy (non-hydrogen) atoms. The van der Waals surface area contributed by atoms with Crippen molar-refractivity contribution < 1.29 is 4.79 Å². The predicted octanol–water partition coefficient (Wildman–Crippen LogP) is 0.186. The van der Waals surface area contributed by atoms with Crippen molar-refractivity contribution in [1.29, 1.82) is 0 Å². The largest absolute Gasteiger partial charge is 0.351 e. The normalized spacial score (nSPS) is 9.70. The van der Waals surface area contributed by atoms with E-state index in [2.05, 4.69) is 11.9 Å². The van der Waals surface area contributed by atoms with Gasteiger partial charge in [0.25, 0.3) is 0 Å². The van der Waals surface area contributed by atoms with E-state index in [1.165, 1.54) is 10.9 Å². The molecule has 0 saturated heterocycles. The lowest BCUT2D eigenvalue weighted by Crippen LogP contribution is -2.20. The van der Waals surface area contributed by atoms with Gasteiger partial charge in [-0.05, 0) is 13.3 Å². The first-order valence-corrected chi connectivity index (χ1v) is 2.86. The summed E-state index contributed by atoms with van der Waals surface area (Å²) in [5.41, 5.74) is 5.72. The van der Waals surface area contributed by atoms with Gasteiger partial charge in [-0.2, -0.15) is 0 Å². The molecule has 4 nitrogen and oxygen atoms in total. The van der Waals surface area contributed by atoms with Gasteiger partial charge in [0.2, 0.25) is 0 Å². The van der Waals surface area contributed by atoms with E-state index in [0.29, 0.717) is 6.42 Å². The molecule has 2 N–H and O–H groups in total. The second-order valence-corrected chi connectivity index (χ2v) is 1.84. The number of carbonyl (C=O) groups excluding carboxylic acids is 1. The van der Waals surface area contributed by atoms with Crippen LogP contribution in [0, 0.1) is 6.92 Å². The van der Waals surface area contributed by atoms with Gasteiger partial charge in [-0.25, -0.2) is 9.78 Å². The van der Waals surface area contributed by atoms with Crippen LogP contribution >= 0.6 is 0 Å². The lowest BCUT2D eigenvalue weighted by Gasteiger charge is -1.97. The summed E-state index contributed by atoms with van der Waals surface area (Å²) in [6.07, 6.45) is 3.46. The van der Waals surface area contributed by atoms with Gasteiger partial charge in [-0.15, -0.1) is 0 Å². The van der Waals surface area contributed by atoms with Gasteiger partial charge in [-0.3, -0.25) is 4.57 Å². The maximum absolute atomic E-state index is 10.6. The molecule has 0 aromatic carbocycles. The van der Waals surface area contributed by atoms with Crippen LogP contribution in [0.15, 0.2) is 12.5 Å². The number of primary amides is 1. The van der Waals surface area contributed by atoms with Crippen molar-refractivity contribution in [2.75, 3.05) is 0 Å². The first kappa shape index (κ1) is 6.80. The minimum Gasteiger partial charge on any atom is -0.351 e. The highest BCUT2D eigenvalue weighted by atomic mass is 16.2. The summed E-state index contributed by atoms with van der Waals surface area (Å²) < 4.78 is 1.27. The summed E-state index contributed by atoms with van der Waals surface area (Å²) >= 11 is 0. The Labute approximate surface area is 58.7 Å². The maximum Gasteiger partial charge on any atom is 0.324 e. The number of hydrogen-bond donors (Lipinski definition) is 1. The summed E-state index contributed by atoms with van der Waals surface area (Å²) in [5.74, 6) is 0. The summed E-state index contributed by atoms with van der Waals surface area (Å²) in [5, 5.41) is 0. The molecule has 53 valence electrons. The van der Waals surface area contributed by atoms with E-state index in [4.69, 9.17) is 5.73 Å². The molecule has 0 unspecified atom stereocenters. The van der Waals surface area contributed by atoms with E-state index in [0.717, 1.165) is 5.69 Å². The molecule has 0 atom stereocenters. The van der Waals surface area contributed by atoms with Crippen molar-refractivity contribution in [3.8, 4) is 0 Å². The van der Waals surface area contributed by atoms with Gasteiger partial charge in [-0.1, -0.05) is 0 Å². The standard InChI is InChI=1S/C6H8N3O/c1-2-5-3-8-4-9(5)6(7)10/h3-4H,1-2H2,(H2,7,10). The van der Waals surface area contributed by atoms with Gasteiger partial charge < -0.3 is 5.73 Å². The summed E-state index contributed by atoms with van der Waals surface area (Å²) in [6, 6.07) is -0.517. The quantitative estimate of drug-likeness (QED) is 0.602. The van der Waals surface area contributed by atoms with Crippen LogP contribution in [0.3, 0.4) is 0 Å². The Kier molecular flexibility index (Phi) is 1.71. The van der Waals surface area contributed by atoms with Crippen LogP contribution in [0.1, 0.15) is 5.69 Å². The number of amides is 1. The third kappa shape index (κ3) is 1.00. The average molecular weight is 138 g/mol. The maximum atomic E-state index is 10.6. The summed E-state index contributed by atoms with van der Waals surface area (Å²) in [6.45, 7) is 3.60. The third-order valence-corrected chi connectivity index (χ3v) is 1.21. The minimum absolute atomic E-state index is 0.517. The molecule has 0 aliphatic carbocycles. The zero-order valence-corrected chi connectivity index (χ0v) is 5.45. The number of aromatic nitrogens is 2. The molecular formula is C6H8N3O. The fraction of sp³-hybridized carbons (Fsp3) is 0.167. The first-order chi connectivity index (χ1) is 4.75. The zero-order valence-electron chi connectivity index (χ0n) is 5.45. The summed E-state index contributed by atoms with van der Waals surface area (Å²) in [4.78, 5) is 14.3. The van der Waals surface area contributed by atoms with Gasteiger partial charge in [0, 0.05) is 11.9 Å². The minimum atomic E-state index is -0.517. The van der Waals surface area contributed by atoms with Crippen LogP contribution in [0.2, 0.25) is 0 Å². The van der Waals surface area contributed by atoms with Crippen molar-refractivity contribution in [2.45, 2.75) is 6.42 Å². The van der Waals surface area contributed by atoms with Crippen molar-refractivity contribution in [3.05, 3.63) is 25.1 Å². The molecule has 0 aliphatic rings. The number of carbonyl (C=O) groups is 1. The topological polar surface area (TPSA) is 60.9 Å². The molecule has 1 rings (SSSR count). The van der Waals surface area contributed by atoms with Crippen LogP contribution in [0.25, 0.3) is 0 Å². The monoisotopic (exact) mass is 138 g/mol. The molecule has 1 aromatic heterocycles. The lowest BCUT2D eigenvalue weighted by atomic mass is 10.4. The smallest absolute Gasteiger partial charge is 0.324 e. The first-order valence-electron chi connectivity index (χ1n) is 2.86. The van der Waals surface area contributed by atoms with Crippen LogP contribution in [-0.2, 0) is 6.42 Å². The molecule has 1 radical (unpaired) electrons. The molecule has 1 aromatic rings. The zero-order chi connectivity index (χ0) is 7.56. The Morgan fingerprint density at radius 3 is 3.00 bits per heavy atom. The molecule has 1 heterocycles. The number of imidazole rings is 1. The van der Waals surface area contributed by atoms with Crippen LogP contribution in [0.5, 0.6) is 0 Å². The second-order valence-electron chi connectivity index (χ2n) is 1.84. The summed E-state index contributed by atoms with van der Waals surface area (Å²) in [7, 11) is 0. The predicted molar refractivity (Wildman–Crippen MR) is 36.3 cm³/mol. The second kappa shape index (κ2) is 2.51. The highest BCUT2D eigenvalue weighted by Crippen LogP contribution is 1.97. The van der Waals surface area contributed by atoms with E-state index < -0.39 is 6.03 Å². The fourth-order valence-electron chi connectivity index (χ4n) is 0.706. The van der Waals surface area contributed by atoms with Crippen molar-refractivity contribution in [1.82, 2.24) is 9.55 Å². The Balaban J connectivity index is 3.01. The van der Waals surface area contributed by atoms with Crippen molar-refractivity contribution in [3.63, 3.8) is 0 Å². The van der Waals surface area contributed by atoms with Gasteiger partial charge >= 0.3 is 6.03 Å². The van der Waals surface area contributed by atoms with E-state index in [1.807, 2.05) is 0 Å². The van der Waals surface area contributed by atoms with E-state index in [-0.39, 0.29) is 0 Å². The van der Waals surface area contributed by atoms with Crippen molar-refractivity contribution >= 4 is 6.03 Å². The van der Waals surface area contributed by atoms with E-state index in [9.17, 15) is 4.79 Å². The van der Waals surface area contributed by atoms with Crippen molar-refractivity contribution in [2.24, 2.45) is 5.73 Å². The molecule has 0 fully saturated rings. The average Bonchev–Trinajstić information content (AvgIpc) is 2.33. The Morgan fingerprint density at radius 2 is 2.60 bits per heavy atom. The number of hydrogen-bond acceptors (Lipinski definition) is 2. The number of nitrogens with two attached hydrogens (primary N) is 1. The molecule has 1 amide bonds. The van der Waals surface area contributed by atoms with E-state index >= 15 is 0 Å². The van der Waals surface area contributed by atoms with Gasteiger partial charge in [0.05, 0.1) is 0 Å². The molecule has 0 bridgehead atoms.